The molecule has 0 aromatic carbocycles. The molecule has 0 atom stereocenters. The second-order valence-corrected chi connectivity index (χ2v) is 3.60. The van der Waals surface area contributed by atoms with Crippen LogP contribution in [0.25, 0.3) is 0 Å². The third-order valence-electron chi connectivity index (χ3n) is 0.804. The molecule has 0 aliphatic heterocycles. The SMILES string of the molecule is C=CCS(=O)(=O)NCCN. The molecule has 5 heteroatoms. The van der Waals surface area contributed by atoms with E-state index in [4.69, 9.17) is 5.73 Å². The van der Waals surface area contributed by atoms with Crippen LogP contribution in [0.5, 0.6) is 0 Å². The molecule has 0 aliphatic carbocycles. The normalized spacial score (nSPS) is 11.3. The van der Waals surface area contributed by atoms with Gasteiger partial charge in [0.2, 0.25) is 10.0 Å². The third-order valence-corrected chi connectivity index (χ3v) is 2.12. The Bertz CT molecular complexity index is 186. The highest BCUT2D eigenvalue weighted by Gasteiger charge is 2.03. The minimum atomic E-state index is -3.14. The number of rotatable bonds is 5. The lowest BCUT2D eigenvalue weighted by Crippen LogP contribution is -2.30. The molecule has 3 N–H and O–H groups in total. The van der Waals surface area contributed by atoms with Crippen LogP contribution in [0.4, 0.5) is 0 Å². The highest BCUT2D eigenvalue weighted by molar-refractivity contribution is 7.89. The Labute approximate surface area is 61.2 Å². The number of nitrogens with one attached hydrogen (secondary N) is 1. The van der Waals surface area contributed by atoms with E-state index in [-0.39, 0.29) is 12.3 Å². The van der Waals surface area contributed by atoms with Crippen LogP contribution in [0.2, 0.25) is 0 Å². The smallest absolute Gasteiger partial charge is 0.215 e. The average Bonchev–Trinajstić information content (AvgIpc) is 1.84. The molecular formula is C5H12N2O2S. The summed E-state index contributed by atoms with van der Waals surface area (Å²) < 4.78 is 23.8. The van der Waals surface area contributed by atoms with Crippen LogP contribution in [0.1, 0.15) is 0 Å². The fourth-order valence-electron chi connectivity index (χ4n) is 0.429. The largest absolute Gasteiger partial charge is 0.329 e. The predicted molar refractivity (Wildman–Crippen MR) is 41.0 cm³/mol. The number of hydrogen-bond donors (Lipinski definition) is 2. The number of nitrogens with two attached hydrogens (primary N) is 1. The summed E-state index contributed by atoms with van der Waals surface area (Å²) in [6.45, 7) is 3.91. The quantitative estimate of drug-likeness (QED) is 0.515. The molecule has 0 saturated heterocycles. The van der Waals surface area contributed by atoms with Crippen molar-refractivity contribution in [1.29, 1.82) is 0 Å². The lowest BCUT2D eigenvalue weighted by atomic mass is 10.7. The standard InChI is InChI=1S/C5H12N2O2S/c1-2-5-10(8,9)7-4-3-6/h2,7H,1,3-6H2. The molecule has 0 heterocycles. The van der Waals surface area contributed by atoms with Crippen molar-refractivity contribution in [2.24, 2.45) is 5.73 Å². The van der Waals surface area contributed by atoms with E-state index in [9.17, 15) is 8.42 Å². The molecule has 0 unspecified atom stereocenters. The molecule has 0 fully saturated rings. The number of sulfonamides is 1. The van der Waals surface area contributed by atoms with E-state index in [1.807, 2.05) is 0 Å². The molecule has 0 aromatic rings. The Balaban J connectivity index is 3.76. The van der Waals surface area contributed by atoms with Crippen molar-refractivity contribution in [1.82, 2.24) is 4.72 Å². The molecule has 0 bridgehead atoms. The van der Waals surface area contributed by atoms with E-state index in [1.165, 1.54) is 6.08 Å². The molecule has 4 nitrogen and oxygen atoms in total. The minimum absolute atomic E-state index is 0.0486. The van der Waals surface area contributed by atoms with Gasteiger partial charge in [0.25, 0.3) is 0 Å². The second-order valence-electron chi connectivity index (χ2n) is 1.75. The maximum Gasteiger partial charge on any atom is 0.215 e. The Kier molecular flexibility index (Phi) is 4.26. The van der Waals surface area contributed by atoms with Gasteiger partial charge in [-0.1, -0.05) is 6.08 Å². The summed E-state index contributed by atoms with van der Waals surface area (Å²) >= 11 is 0. The first-order valence-electron chi connectivity index (χ1n) is 2.90. The summed E-state index contributed by atoms with van der Waals surface area (Å²) in [6, 6.07) is 0. The zero-order valence-corrected chi connectivity index (χ0v) is 6.52. The lowest BCUT2D eigenvalue weighted by Gasteiger charge is -2.00. The van der Waals surface area contributed by atoms with Gasteiger partial charge < -0.3 is 5.73 Å². The molecule has 60 valence electrons. The fourth-order valence-corrected chi connectivity index (χ4v) is 1.29. The molecule has 0 amide bonds. The molecule has 0 radical (unpaired) electrons. The maximum absolute atomic E-state index is 10.8. The zero-order chi connectivity index (χ0) is 8.04. The summed E-state index contributed by atoms with van der Waals surface area (Å²) in [7, 11) is -3.14. The summed E-state index contributed by atoms with van der Waals surface area (Å²) in [5.41, 5.74) is 5.08. The van der Waals surface area contributed by atoms with Crippen LogP contribution in [0.3, 0.4) is 0 Å². The van der Waals surface area contributed by atoms with Gasteiger partial charge in [-0.15, -0.1) is 6.58 Å². The van der Waals surface area contributed by atoms with Crippen LogP contribution < -0.4 is 10.5 Å². The van der Waals surface area contributed by atoms with E-state index in [1.54, 1.807) is 0 Å². The van der Waals surface area contributed by atoms with Crippen molar-refractivity contribution < 1.29 is 8.42 Å². The minimum Gasteiger partial charge on any atom is -0.329 e. The van der Waals surface area contributed by atoms with Gasteiger partial charge in [-0.2, -0.15) is 0 Å². The van der Waals surface area contributed by atoms with Gasteiger partial charge in [-0.3, -0.25) is 0 Å². The first-order valence-corrected chi connectivity index (χ1v) is 4.56. The highest BCUT2D eigenvalue weighted by Crippen LogP contribution is 1.81. The van der Waals surface area contributed by atoms with Gasteiger partial charge in [0.05, 0.1) is 5.75 Å². The fraction of sp³-hybridized carbons (Fsp3) is 0.600. The van der Waals surface area contributed by atoms with Crippen molar-refractivity contribution in [3.8, 4) is 0 Å². The molecule has 0 aliphatic rings. The van der Waals surface area contributed by atoms with Crippen LogP contribution in [0.15, 0.2) is 12.7 Å². The summed E-state index contributed by atoms with van der Waals surface area (Å²) in [5.74, 6) is -0.0486. The first kappa shape index (κ1) is 9.61. The van der Waals surface area contributed by atoms with Crippen molar-refractivity contribution in [3.05, 3.63) is 12.7 Å². The van der Waals surface area contributed by atoms with Gasteiger partial charge in [0.1, 0.15) is 0 Å². The first-order chi connectivity index (χ1) is 4.62. The highest BCUT2D eigenvalue weighted by atomic mass is 32.2. The summed E-state index contributed by atoms with van der Waals surface area (Å²) in [6.07, 6.45) is 1.33. The maximum atomic E-state index is 10.8. The lowest BCUT2D eigenvalue weighted by molar-refractivity contribution is 0.585. The van der Waals surface area contributed by atoms with Crippen LogP contribution in [0, 0.1) is 0 Å². The Morgan fingerprint density at radius 3 is 2.60 bits per heavy atom. The van der Waals surface area contributed by atoms with Gasteiger partial charge in [0.15, 0.2) is 0 Å². The Hall–Kier alpha value is -0.390. The number of hydrogen-bond acceptors (Lipinski definition) is 3. The summed E-state index contributed by atoms with van der Waals surface area (Å²) in [5, 5.41) is 0. The van der Waals surface area contributed by atoms with Gasteiger partial charge in [0, 0.05) is 13.1 Å². The van der Waals surface area contributed by atoms with Gasteiger partial charge in [-0.25, -0.2) is 13.1 Å². The third kappa shape index (κ3) is 4.49. The molecular weight excluding hydrogens is 152 g/mol. The van der Waals surface area contributed by atoms with E-state index in [0.717, 1.165) is 0 Å². The van der Waals surface area contributed by atoms with Crippen LogP contribution >= 0.6 is 0 Å². The summed E-state index contributed by atoms with van der Waals surface area (Å²) in [4.78, 5) is 0. The van der Waals surface area contributed by atoms with Crippen molar-refractivity contribution in [3.63, 3.8) is 0 Å². The van der Waals surface area contributed by atoms with E-state index in [2.05, 4.69) is 11.3 Å². The zero-order valence-electron chi connectivity index (χ0n) is 5.71. The van der Waals surface area contributed by atoms with E-state index >= 15 is 0 Å². The molecule has 0 rings (SSSR count). The Morgan fingerprint density at radius 1 is 1.60 bits per heavy atom. The molecule has 0 aromatic heterocycles. The van der Waals surface area contributed by atoms with Crippen molar-refractivity contribution >= 4 is 10.0 Å². The Morgan fingerprint density at radius 2 is 2.20 bits per heavy atom. The second kappa shape index (κ2) is 4.43. The van der Waals surface area contributed by atoms with E-state index in [0.29, 0.717) is 6.54 Å². The van der Waals surface area contributed by atoms with Crippen molar-refractivity contribution in [2.45, 2.75) is 0 Å². The predicted octanol–water partition coefficient (Wildman–Crippen LogP) is -0.949. The molecule has 0 saturated carbocycles. The van der Waals surface area contributed by atoms with Crippen LogP contribution in [-0.2, 0) is 10.0 Å². The van der Waals surface area contributed by atoms with Crippen molar-refractivity contribution in [2.75, 3.05) is 18.8 Å². The molecule has 0 spiro atoms. The van der Waals surface area contributed by atoms with Gasteiger partial charge >= 0.3 is 0 Å². The topological polar surface area (TPSA) is 72.2 Å². The van der Waals surface area contributed by atoms with E-state index < -0.39 is 10.0 Å². The monoisotopic (exact) mass is 164 g/mol. The van der Waals surface area contributed by atoms with Gasteiger partial charge in [-0.05, 0) is 0 Å². The van der Waals surface area contributed by atoms with Crippen LogP contribution in [-0.4, -0.2) is 27.3 Å². The molecule has 10 heavy (non-hydrogen) atoms. The average molecular weight is 164 g/mol.